The summed E-state index contributed by atoms with van der Waals surface area (Å²) in [5, 5.41) is 9.92. The fraction of sp³-hybridized carbons (Fsp3) is 0.136. The van der Waals surface area contributed by atoms with Gasteiger partial charge in [-0.05, 0) is 34.9 Å². The van der Waals surface area contributed by atoms with Crippen LogP contribution in [0.25, 0.3) is 0 Å². The summed E-state index contributed by atoms with van der Waals surface area (Å²) >= 11 is 0. The summed E-state index contributed by atoms with van der Waals surface area (Å²) in [4.78, 5) is 24.0. The van der Waals surface area contributed by atoms with Crippen LogP contribution in [-0.2, 0) is 29.1 Å². The molecule has 0 aliphatic rings. The predicted octanol–water partition coefficient (Wildman–Crippen LogP) is 2.91. The number of para-hydroxylation sites is 1. The molecule has 2 amide bonds. The van der Waals surface area contributed by atoms with E-state index in [1.165, 1.54) is 6.08 Å². The minimum Gasteiger partial charge on any atom is -0.352 e. The summed E-state index contributed by atoms with van der Waals surface area (Å²) in [7, 11) is 0. The Morgan fingerprint density at radius 2 is 1.71 bits per heavy atom. The maximum absolute atomic E-state index is 12.5. The van der Waals surface area contributed by atoms with Gasteiger partial charge < -0.3 is 10.6 Å². The van der Waals surface area contributed by atoms with E-state index in [2.05, 4.69) is 22.3 Å². The number of benzene rings is 2. The molecule has 0 radical (unpaired) electrons. The van der Waals surface area contributed by atoms with Crippen molar-refractivity contribution >= 4 is 17.5 Å². The molecule has 2 N–H and O–H groups in total. The van der Waals surface area contributed by atoms with E-state index in [9.17, 15) is 9.59 Å². The maximum Gasteiger partial charge on any atom is 0.247 e. The molecule has 0 fully saturated rings. The molecule has 6 nitrogen and oxygen atoms in total. The monoisotopic (exact) mass is 374 g/mol. The lowest BCUT2D eigenvalue weighted by Crippen LogP contribution is -2.26. The van der Waals surface area contributed by atoms with Gasteiger partial charge in [-0.2, -0.15) is 5.10 Å². The molecule has 0 saturated carbocycles. The molecule has 28 heavy (non-hydrogen) atoms. The first kappa shape index (κ1) is 19.1. The zero-order valence-corrected chi connectivity index (χ0v) is 15.5. The summed E-state index contributed by atoms with van der Waals surface area (Å²) in [5.74, 6) is -0.422. The molecule has 142 valence electrons. The van der Waals surface area contributed by atoms with Crippen LogP contribution in [0.2, 0.25) is 0 Å². The molecule has 3 aromatic rings. The average molecular weight is 374 g/mol. The highest BCUT2D eigenvalue weighted by molar-refractivity contribution is 5.99. The number of aromatic nitrogens is 2. The van der Waals surface area contributed by atoms with Crippen molar-refractivity contribution in [2.45, 2.75) is 19.5 Å². The summed E-state index contributed by atoms with van der Waals surface area (Å²) in [6.45, 7) is 4.52. The van der Waals surface area contributed by atoms with Crippen LogP contribution in [-0.4, -0.2) is 21.6 Å². The van der Waals surface area contributed by atoms with E-state index in [0.29, 0.717) is 18.8 Å². The van der Waals surface area contributed by atoms with Crippen molar-refractivity contribution in [1.82, 2.24) is 15.1 Å². The van der Waals surface area contributed by atoms with Gasteiger partial charge in [0.15, 0.2) is 0 Å². The number of hydrogen-bond donors (Lipinski definition) is 2. The van der Waals surface area contributed by atoms with Crippen molar-refractivity contribution in [2.24, 2.45) is 0 Å². The maximum atomic E-state index is 12.5. The predicted molar refractivity (Wildman–Crippen MR) is 109 cm³/mol. The van der Waals surface area contributed by atoms with Gasteiger partial charge in [-0.25, -0.2) is 0 Å². The van der Waals surface area contributed by atoms with Gasteiger partial charge >= 0.3 is 0 Å². The minimum atomic E-state index is -0.305. The molecule has 2 aromatic carbocycles. The second-order valence-corrected chi connectivity index (χ2v) is 6.28. The zero-order valence-electron chi connectivity index (χ0n) is 15.5. The zero-order chi connectivity index (χ0) is 19.8. The van der Waals surface area contributed by atoms with Crippen LogP contribution >= 0.6 is 0 Å². The van der Waals surface area contributed by atoms with Gasteiger partial charge in [0.25, 0.3) is 0 Å². The molecular formula is C22H22N4O2. The van der Waals surface area contributed by atoms with E-state index in [-0.39, 0.29) is 18.2 Å². The van der Waals surface area contributed by atoms with E-state index in [4.69, 9.17) is 0 Å². The van der Waals surface area contributed by atoms with E-state index < -0.39 is 0 Å². The van der Waals surface area contributed by atoms with E-state index in [1.807, 2.05) is 59.4 Å². The smallest absolute Gasteiger partial charge is 0.247 e. The number of nitrogens with zero attached hydrogens (tertiary/aromatic N) is 2. The first-order valence-electron chi connectivity index (χ1n) is 8.98. The van der Waals surface area contributed by atoms with Crippen LogP contribution in [0.5, 0.6) is 0 Å². The lowest BCUT2D eigenvalue weighted by molar-refractivity contribution is -0.120. The molecule has 0 aliphatic heterocycles. The first-order chi connectivity index (χ1) is 13.7. The van der Waals surface area contributed by atoms with Crippen molar-refractivity contribution in [3.63, 3.8) is 0 Å². The topological polar surface area (TPSA) is 76.0 Å². The van der Waals surface area contributed by atoms with E-state index in [1.54, 1.807) is 12.3 Å². The molecule has 0 bridgehead atoms. The normalized spacial score (nSPS) is 10.3. The van der Waals surface area contributed by atoms with Crippen LogP contribution in [0.4, 0.5) is 5.69 Å². The third-order valence-corrected chi connectivity index (χ3v) is 4.30. The van der Waals surface area contributed by atoms with Crippen LogP contribution in [0.1, 0.15) is 16.7 Å². The number of hydrogen-bond acceptors (Lipinski definition) is 3. The van der Waals surface area contributed by atoms with Gasteiger partial charge in [0, 0.05) is 24.6 Å². The quantitative estimate of drug-likeness (QED) is 0.595. The first-order valence-corrected chi connectivity index (χ1v) is 8.98. The highest BCUT2D eigenvalue weighted by atomic mass is 16.2. The van der Waals surface area contributed by atoms with Gasteiger partial charge in [0.1, 0.15) is 0 Å². The van der Waals surface area contributed by atoms with Crippen LogP contribution in [0, 0.1) is 0 Å². The molecule has 0 atom stereocenters. The van der Waals surface area contributed by atoms with Crippen molar-refractivity contribution in [3.8, 4) is 0 Å². The Kier molecular flexibility index (Phi) is 6.36. The van der Waals surface area contributed by atoms with E-state index in [0.717, 1.165) is 16.7 Å². The van der Waals surface area contributed by atoms with Crippen molar-refractivity contribution in [3.05, 3.63) is 96.3 Å². The lowest BCUT2D eigenvalue weighted by atomic mass is 10.1. The van der Waals surface area contributed by atoms with Crippen LogP contribution in [0.15, 0.2) is 79.6 Å². The third-order valence-electron chi connectivity index (χ3n) is 4.30. The average Bonchev–Trinajstić information content (AvgIpc) is 3.22. The molecule has 0 saturated heterocycles. The Morgan fingerprint density at radius 3 is 2.43 bits per heavy atom. The number of carbonyl (C=O) groups excluding carboxylic acids is 2. The largest absolute Gasteiger partial charge is 0.352 e. The Bertz CT molecular complexity index is 964. The molecule has 1 heterocycles. The SMILES string of the molecule is C=CC(=O)Nc1ccccc1CC(=O)NCc1ccccc1Cn1cccn1. The van der Waals surface area contributed by atoms with E-state index >= 15 is 0 Å². The molecule has 3 rings (SSSR count). The van der Waals surface area contributed by atoms with Gasteiger partial charge in [-0.3, -0.25) is 14.3 Å². The van der Waals surface area contributed by atoms with Gasteiger partial charge in [0.2, 0.25) is 11.8 Å². The Balaban J connectivity index is 1.63. The standard InChI is InChI=1S/C22H22N4O2/c1-2-21(27)25-20-11-6-5-8-17(20)14-22(28)23-15-18-9-3-4-10-19(18)16-26-13-7-12-24-26/h2-13H,1,14-16H2,(H,23,28)(H,25,27). The molecule has 0 spiro atoms. The van der Waals surface area contributed by atoms with Crippen molar-refractivity contribution in [1.29, 1.82) is 0 Å². The minimum absolute atomic E-state index is 0.116. The third kappa shape index (κ3) is 5.17. The fourth-order valence-electron chi connectivity index (χ4n) is 2.86. The molecule has 0 aliphatic carbocycles. The van der Waals surface area contributed by atoms with Gasteiger partial charge in [-0.1, -0.05) is 49.0 Å². The van der Waals surface area contributed by atoms with Gasteiger partial charge in [0.05, 0.1) is 13.0 Å². The summed E-state index contributed by atoms with van der Waals surface area (Å²) < 4.78 is 1.85. The molecular weight excluding hydrogens is 352 g/mol. The Labute approximate surface area is 163 Å². The van der Waals surface area contributed by atoms with Crippen molar-refractivity contribution in [2.75, 3.05) is 5.32 Å². The fourth-order valence-corrected chi connectivity index (χ4v) is 2.86. The summed E-state index contributed by atoms with van der Waals surface area (Å²) in [6, 6.07) is 17.1. The Morgan fingerprint density at radius 1 is 1.00 bits per heavy atom. The van der Waals surface area contributed by atoms with Crippen molar-refractivity contribution < 1.29 is 9.59 Å². The number of amides is 2. The Hall–Kier alpha value is -3.67. The highest BCUT2D eigenvalue weighted by Crippen LogP contribution is 2.16. The number of rotatable bonds is 8. The molecule has 6 heteroatoms. The second kappa shape index (κ2) is 9.32. The lowest BCUT2D eigenvalue weighted by Gasteiger charge is -2.12. The summed E-state index contributed by atoms with van der Waals surface area (Å²) in [6.07, 6.45) is 5.03. The summed E-state index contributed by atoms with van der Waals surface area (Å²) in [5.41, 5.74) is 3.51. The van der Waals surface area contributed by atoms with Gasteiger partial charge in [-0.15, -0.1) is 0 Å². The molecule has 0 unspecified atom stereocenters. The second-order valence-electron chi connectivity index (χ2n) is 6.28. The number of carbonyl (C=O) groups is 2. The van der Waals surface area contributed by atoms with Crippen LogP contribution in [0.3, 0.4) is 0 Å². The highest BCUT2D eigenvalue weighted by Gasteiger charge is 2.10. The van der Waals surface area contributed by atoms with Crippen LogP contribution < -0.4 is 10.6 Å². The number of nitrogens with one attached hydrogen (secondary N) is 2. The molecule has 1 aromatic heterocycles. The number of anilines is 1.